The van der Waals surface area contributed by atoms with Crippen molar-refractivity contribution < 1.29 is 29.3 Å². The summed E-state index contributed by atoms with van der Waals surface area (Å²) in [7, 11) is 0. The lowest BCUT2D eigenvalue weighted by molar-refractivity contribution is -0.122. The van der Waals surface area contributed by atoms with Crippen molar-refractivity contribution >= 4 is 46.1 Å². The zero-order valence-electron chi connectivity index (χ0n) is 24.5. The molecule has 5 rings (SSSR count). The lowest BCUT2D eigenvalue weighted by Crippen LogP contribution is -2.65. The molecular weight excluding hydrogens is 534 g/mol. The van der Waals surface area contributed by atoms with Crippen LogP contribution in [0.15, 0.2) is 65.9 Å². The third-order valence-corrected chi connectivity index (χ3v) is 7.48. The Morgan fingerprint density at radius 1 is 1.12 bits per heavy atom. The van der Waals surface area contributed by atoms with Crippen molar-refractivity contribution in [2.75, 3.05) is 5.01 Å². The smallest absolute Gasteiger partial charge is 0.434 e. The average molecular weight is 569 g/mol. The molecule has 4 N–H and O–H groups in total. The standard InChI is InChI=1S/C33H33N3O6/c1-7-21-23(32(5,6)18-25-28(21)22-10-8-9-11-24(22)34-25)17-33(26(37)16-27(33)38)35-36(30(41)42-31(2,3)4)20-14-12-19(13-15-20)29(39)40/h8-15,17-18,34-35H,7H2,1-6H3,(H-,37,38,39,40)/p+1. The molecule has 0 spiro atoms. The summed E-state index contributed by atoms with van der Waals surface area (Å²) in [5.41, 5.74) is 2.70. The van der Waals surface area contributed by atoms with E-state index in [2.05, 4.69) is 22.6 Å². The summed E-state index contributed by atoms with van der Waals surface area (Å²) < 4.78 is 5.62. The van der Waals surface area contributed by atoms with Crippen molar-refractivity contribution in [2.24, 2.45) is 5.41 Å². The van der Waals surface area contributed by atoms with E-state index in [4.69, 9.17) is 4.74 Å². The van der Waals surface area contributed by atoms with Crippen LogP contribution in [0.4, 0.5) is 10.5 Å². The number of para-hydroxylation sites is 1. The second kappa shape index (κ2) is 9.98. The number of ketones is 1. The summed E-state index contributed by atoms with van der Waals surface area (Å²) in [5, 5.41) is 24.5. The van der Waals surface area contributed by atoms with Crippen LogP contribution >= 0.6 is 0 Å². The Morgan fingerprint density at radius 2 is 1.79 bits per heavy atom. The number of aliphatic hydroxyl groups is 1. The second-order valence-electron chi connectivity index (χ2n) is 12.1. The van der Waals surface area contributed by atoms with Gasteiger partial charge in [-0.25, -0.2) is 19.4 Å². The number of nitrogens with zero attached hydrogens (tertiary/aromatic N) is 1. The maximum Gasteiger partial charge on any atom is 0.434 e. The van der Waals surface area contributed by atoms with Crippen LogP contribution in [-0.2, 0) is 9.53 Å². The summed E-state index contributed by atoms with van der Waals surface area (Å²) in [6, 6.07) is 13.5. The minimum Gasteiger partial charge on any atom is -0.478 e. The number of hydrogen-bond acceptors (Lipinski definition) is 6. The van der Waals surface area contributed by atoms with Crippen LogP contribution in [0.5, 0.6) is 0 Å². The Hall–Kier alpha value is -4.72. The first kappa shape index (κ1) is 28.8. The van der Waals surface area contributed by atoms with Gasteiger partial charge in [-0.15, -0.1) is 0 Å². The van der Waals surface area contributed by atoms with E-state index in [1.54, 1.807) is 26.8 Å². The van der Waals surface area contributed by atoms with E-state index in [9.17, 15) is 24.6 Å². The number of carbonyl (C=O) groups excluding carboxylic acids is 2. The van der Waals surface area contributed by atoms with E-state index in [0.29, 0.717) is 6.42 Å². The Balaban J connectivity index is 1.69. The first-order valence-corrected chi connectivity index (χ1v) is 13.8. The summed E-state index contributed by atoms with van der Waals surface area (Å²) >= 11 is 0. The Kier molecular flexibility index (Phi) is 6.84. The zero-order chi connectivity index (χ0) is 30.6. The fourth-order valence-corrected chi connectivity index (χ4v) is 5.49. The number of hydrazine groups is 1. The number of aromatic amines is 1. The number of allylic oxidation sites excluding steroid dienone is 1. The molecule has 0 aliphatic heterocycles. The van der Waals surface area contributed by atoms with Crippen molar-refractivity contribution in [3.63, 3.8) is 0 Å². The van der Waals surface area contributed by atoms with E-state index >= 15 is 0 Å². The minimum atomic E-state index is -1.83. The van der Waals surface area contributed by atoms with Crippen molar-refractivity contribution in [2.45, 2.75) is 59.1 Å². The van der Waals surface area contributed by atoms with Gasteiger partial charge in [0.1, 0.15) is 5.60 Å². The highest BCUT2D eigenvalue weighted by Crippen LogP contribution is 2.41. The molecule has 216 valence electrons. The van der Waals surface area contributed by atoms with Gasteiger partial charge in [-0.3, -0.25) is 0 Å². The Morgan fingerprint density at radius 3 is 2.36 bits per heavy atom. The summed E-state index contributed by atoms with van der Waals surface area (Å²) in [6.45, 7) is 11.2. The average Bonchev–Trinajstić information content (AvgIpc) is 3.27. The van der Waals surface area contributed by atoms with Crippen LogP contribution < -0.4 is 21.0 Å². The number of hydrogen-bond donors (Lipinski definition) is 4. The number of H-pyrrole nitrogens is 1. The molecule has 9 nitrogen and oxygen atoms in total. The molecule has 1 unspecified atom stereocenters. The van der Waals surface area contributed by atoms with Gasteiger partial charge in [0.05, 0.1) is 11.3 Å². The van der Waals surface area contributed by atoms with E-state index in [1.807, 2.05) is 45.0 Å². The predicted octanol–water partition coefficient (Wildman–Crippen LogP) is 4.69. The number of amides is 1. The number of nitrogens with one attached hydrogen (secondary N) is 2. The highest BCUT2D eigenvalue weighted by atomic mass is 16.6. The lowest BCUT2D eigenvalue weighted by atomic mass is 9.70. The maximum absolute atomic E-state index is 13.5. The molecule has 2 aromatic carbocycles. The third-order valence-electron chi connectivity index (χ3n) is 7.48. The molecule has 3 aromatic rings. The Bertz CT molecular complexity index is 1800. The molecule has 42 heavy (non-hydrogen) atoms. The Labute approximate surface area is 243 Å². The highest BCUT2D eigenvalue weighted by molar-refractivity contribution is 6.07. The number of aromatic carboxylic acids is 1. The molecule has 1 atom stereocenters. The van der Waals surface area contributed by atoms with E-state index in [-0.39, 0.29) is 17.0 Å². The van der Waals surface area contributed by atoms with Gasteiger partial charge in [0.25, 0.3) is 5.54 Å². The van der Waals surface area contributed by atoms with Gasteiger partial charge in [-0.2, -0.15) is 5.43 Å². The first-order valence-electron chi connectivity index (χ1n) is 13.8. The topological polar surface area (TPSA) is 132 Å². The van der Waals surface area contributed by atoms with Gasteiger partial charge in [-0.1, -0.05) is 45.0 Å². The van der Waals surface area contributed by atoms with Crippen LogP contribution in [0.3, 0.4) is 0 Å². The van der Waals surface area contributed by atoms with Gasteiger partial charge >= 0.3 is 29.7 Å². The number of carboxylic acid groups (broad SMARTS) is 1. The number of Topliss-reactive ketones (excluding diaryl/α,β-unsaturated/α-hetero) is 1. The number of aromatic nitrogens is 1. The molecule has 0 saturated heterocycles. The first-order chi connectivity index (χ1) is 19.7. The van der Waals surface area contributed by atoms with Crippen molar-refractivity contribution in [3.8, 4) is 0 Å². The summed E-state index contributed by atoms with van der Waals surface area (Å²) in [5.74, 6) is -2.08. The molecule has 0 radical (unpaired) electrons. The van der Waals surface area contributed by atoms with Crippen molar-refractivity contribution in [1.29, 1.82) is 0 Å². The largest absolute Gasteiger partial charge is 0.478 e. The van der Waals surface area contributed by atoms with Crippen molar-refractivity contribution in [1.82, 2.24) is 10.4 Å². The number of aliphatic hydroxyl groups excluding tert-OH is 1. The monoisotopic (exact) mass is 568 g/mol. The highest BCUT2D eigenvalue weighted by Gasteiger charge is 2.65. The summed E-state index contributed by atoms with van der Waals surface area (Å²) in [4.78, 5) is 41.8. The SMILES string of the molecule is CCC1=c2c([nH]c3ccccc23)=CC(C)(C)C1=CC1(NN(C(=O)OC(C)(C)C)c2ccc(C(=O)O)cc2)C(=O)[C+]=C1O. The predicted molar refractivity (Wildman–Crippen MR) is 160 cm³/mol. The summed E-state index contributed by atoms with van der Waals surface area (Å²) in [6.07, 6.45) is 5.97. The van der Waals surface area contributed by atoms with Gasteiger partial charge in [0, 0.05) is 26.9 Å². The molecule has 0 bridgehead atoms. The van der Waals surface area contributed by atoms with Crippen LogP contribution in [0.25, 0.3) is 22.6 Å². The second-order valence-corrected chi connectivity index (χ2v) is 12.1. The molecule has 1 aromatic heterocycles. The number of rotatable bonds is 6. The van der Waals surface area contributed by atoms with Gasteiger partial charge in [0.15, 0.2) is 0 Å². The van der Waals surface area contributed by atoms with E-state index < -0.39 is 34.4 Å². The quantitative estimate of drug-likeness (QED) is 0.251. The molecule has 2 aliphatic rings. The van der Waals surface area contributed by atoms with E-state index in [0.717, 1.165) is 37.6 Å². The van der Waals surface area contributed by atoms with Gasteiger partial charge in [-0.05, 0) is 74.7 Å². The van der Waals surface area contributed by atoms with Crippen molar-refractivity contribution in [3.05, 3.63) is 88.1 Å². The number of anilines is 1. The molecular formula is C33H34N3O6+. The van der Waals surface area contributed by atoms with Crippen LogP contribution in [0.2, 0.25) is 0 Å². The number of carbonyl (C=O) groups is 3. The number of fused-ring (bicyclic) bond motifs is 3. The molecule has 2 aliphatic carbocycles. The number of ether oxygens (including phenoxy) is 1. The van der Waals surface area contributed by atoms with Crippen LogP contribution in [-0.4, -0.2) is 44.2 Å². The number of carboxylic acids is 1. The number of benzene rings is 2. The fraction of sp³-hybridized carbons (Fsp3) is 0.303. The maximum atomic E-state index is 13.5. The third kappa shape index (κ3) is 4.87. The van der Waals surface area contributed by atoms with E-state index in [1.165, 1.54) is 24.3 Å². The fourth-order valence-electron chi connectivity index (χ4n) is 5.49. The van der Waals surface area contributed by atoms with Gasteiger partial charge < -0.3 is 19.9 Å². The molecule has 9 heteroatoms. The van der Waals surface area contributed by atoms with Crippen LogP contribution in [0, 0.1) is 11.5 Å². The zero-order valence-corrected chi connectivity index (χ0v) is 24.5. The molecule has 1 amide bonds. The van der Waals surface area contributed by atoms with Crippen LogP contribution in [0.1, 0.15) is 58.3 Å². The minimum absolute atomic E-state index is 0.0201. The normalized spacial score (nSPS) is 20.2. The van der Waals surface area contributed by atoms with Gasteiger partial charge in [0.2, 0.25) is 0 Å². The molecule has 1 heterocycles. The molecule has 0 saturated carbocycles. The lowest BCUT2D eigenvalue weighted by Gasteiger charge is -2.36. The molecule has 0 fully saturated rings.